The van der Waals surface area contributed by atoms with Gasteiger partial charge in [-0.1, -0.05) is 44.2 Å². The minimum absolute atomic E-state index is 0.295. The fourth-order valence-electron chi connectivity index (χ4n) is 2.03. The quantitative estimate of drug-likeness (QED) is 0.899. The van der Waals surface area contributed by atoms with Gasteiger partial charge in [0.05, 0.1) is 6.07 Å². The summed E-state index contributed by atoms with van der Waals surface area (Å²) in [5, 5.41) is 12.6. The van der Waals surface area contributed by atoms with Gasteiger partial charge in [-0.05, 0) is 28.7 Å². The van der Waals surface area contributed by atoms with E-state index in [0.717, 1.165) is 11.1 Å². The molecule has 20 heavy (non-hydrogen) atoms. The Morgan fingerprint density at radius 1 is 1.15 bits per heavy atom. The molecule has 1 aromatic carbocycles. The molecule has 1 atom stereocenters. The Kier molecular flexibility index (Phi) is 4.86. The first-order valence-corrected chi connectivity index (χ1v) is 6.82. The zero-order valence-electron chi connectivity index (χ0n) is 11.9. The molecule has 102 valence electrons. The number of hydrogen-bond acceptors (Lipinski definition) is 3. The second kappa shape index (κ2) is 6.83. The van der Waals surface area contributed by atoms with E-state index in [9.17, 15) is 5.26 Å². The molecule has 3 nitrogen and oxygen atoms in total. The van der Waals surface area contributed by atoms with E-state index in [0.29, 0.717) is 12.5 Å². The van der Waals surface area contributed by atoms with Crippen LogP contribution in [-0.2, 0) is 6.54 Å². The van der Waals surface area contributed by atoms with Gasteiger partial charge in [-0.3, -0.25) is 10.3 Å². The van der Waals surface area contributed by atoms with Gasteiger partial charge < -0.3 is 0 Å². The summed E-state index contributed by atoms with van der Waals surface area (Å²) in [5.74, 6) is 0.507. The van der Waals surface area contributed by atoms with E-state index >= 15 is 0 Å². The molecule has 0 amide bonds. The van der Waals surface area contributed by atoms with E-state index in [4.69, 9.17) is 0 Å². The summed E-state index contributed by atoms with van der Waals surface area (Å²) in [6, 6.07) is 14.1. The van der Waals surface area contributed by atoms with Crippen molar-refractivity contribution in [2.45, 2.75) is 32.4 Å². The number of aromatic nitrogens is 1. The molecular formula is C17H19N3. The van der Waals surface area contributed by atoms with Crippen molar-refractivity contribution >= 4 is 0 Å². The van der Waals surface area contributed by atoms with Crippen LogP contribution in [0.4, 0.5) is 0 Å². The number of nitriles is 1. The summed E-state index contributed by atoms with van der Waals surface area (Å²) < 4.78 is 0. The highest BCUT2D eigenvalue weighted by Gasteiger charge is 2.10. The standard InChI is InChI=1S/C17H19N3/c1-13(2)15-5-7-16(8-6-15)17(10-18)20-12-14-4-3-9-19-11-14/h3-9,11,13,17,20H,12H2,1-2H3. The molecule has 0 aliphatic rings. The summed E-state index contributed by atoms with van der Waals surface area (Å²) >= 11 is 0. The van der Waals surface area contributed by atoms with Crippen molar-refractivity contribution in [3.05, 3.63) is 65.5 Å². The van der Waals surface area contributed by atoms with Gasteiger partial charge in [0.2, 0.25) is 0 Å². The lowest BCUT2D eigenvalue weighted by Gasteiger charge is -2.13. The van der Waals surface area contributed by atoms with Crippen LogP contribution in [0, 0.1) is 11.3 Å². The predicted octanol–water partition coefficient (Wildman–Crippen LogP) is 3.56. The highest BCUT2D eigenvalue weighted by Crippen LogP contribution is 2.18. The molecule has 0 saturated carbocycles. The Balaban J connectivity index is 2.03. The maximum atomic E-state index is 9.31. The van der Waals surface area contributed by atoms with E-state index in [-0.39, 0.29) is 6.04 Å². The van der Waals surface area contributed by atoms with Crippen molar-refractivity contribution in [3.63, 3.8) is 0 Å². The van der Waals surface area contributed by atoms with Gasteiger partial charge in [-0.25, -0.2) is 0 Å². The summed E-state index contributed by atoms with van der Waals surface area (Å²) in [6.45, 7) is 4.97. The van der Waals surface area contributed by atoms with Crippen LogP contribution in [0.5, 0.6) is 0 Å². The van der Waals surface area contributed by atoms with Crippen molar-refractivity contribution in [2.24, 2.45) is 0 Å². The topological polar surface area (TPSA) is 48.7 Å². The number of rotatable bonds is 5. The lowest BCUT2D eigenvalue weighted by molar-refractivity contribution is 0.629. The third-order valence-electron chi connectivity index (χ3n) is 3.30. The van der Waals surface area contributed by atoms with E-state index in [1.165, 1.54) is 5.56 Å². The van der Waals surface area contributed by atoms with Gasteiger partial charge in [-0.15, -0.1) is 0 Å². The summed E-state index contributed by atoms with van der Waals surface area (Å²) in [4.78, 5) is 4.07. The van der Waals surface area contributed by atoms with E-state index in [1.54, 1.807) is 6.20 Å². The zero-order chi connectivity index (χ0) is 14.4. The fraction of sp³-hybridized carbons (Fsp3) is 0.294. The molecule has 1 heterocycles. The van der Waals surface area contributed by atoms with E-state index < -0.39 is 0 Å². The summed E-state index contributed by atoms with van der Waals surface area (Å²) in [5.41, 5.74) is 3.37. The van der Waals surface area contributed by atoms with Crippen LogP contribution in [0.15, 0.2) is 48.8 Å². The molecule has 3 heteroatoms. The van der Waals surface area contributed by atoms with Crippen LogP contribution in [0.1, 0.15) is 42.5 Å². The molecule has 0 aliphatic heterocycles. The fourth-order valence-corrected chi connectivity index (χ4v) is 2.03. The van der Waals surface area contributed by atoms with Gasteiger partial charge in [0.15, 0.2) is 0 Å². The van der Waals surface area contributed by atoms with Gasteiger partial charge in [-0.2, -0.15) is 5.26 Å². The second-order valence-electron chi connectivity index (χ2n) is 5.13. The SMILES string of the molecule is CC(C)c1ccc(C(C#N)NCc2cccnc2)cc1. The van der Waals surface area contributed by atoms with Crippen molar-refractivity contribution < 1.29 is 0 Å². The number of hydrogen-bond donors (Lipinski definition) is 1. The number of pyridine rings is 1. The summed E-state index contributed by atoms with van der Waals surface area (Å²) in [6.07, 6.45) is 3.55. The van der Waals surface area contributed by atoms with Crippen molar-refractivity contribution in [3.8, 4) is 6.07 Å². The van der Waals surface area contributed by atoms with E-state index in [2.05, 4.69) is 42.4 Å². The molecule has 1 N–H and O–H groups in total. The third kappa shape index (κ3) is 3.66. The highest BCUT2D eigenvalue weighted by molar-refractivity contribution is 5.29. The van der Waals surface area contributed by atoms with Crippen LogP contribution >= 0.6 is 0 Å². The number of benzene rings is 1. The van der Waals surface area contributed by atoms with E-state index in [1.807, 2.05) is 30.5 Å². The maximum absolute atomic E-state index is 9.31. The Labute approximate surface area is 120 Å². The molecule has 0 aliphatic carbocycles. The Morgan fingerprint density at radius 3 is 2.40 bits per heavy atom. The average Bonchev–Trinajstić information content (AvgIpc) is 2.49. The zero-order valence-corrected chi connectivity index (χ0v) is 11.9. The first-order valence-electron chi connectivity index (χ1n) is 6.82. The normalized spacial score (nSPS) is 12.1. The monoisotopic (exact) mass is 265 g/mol. The molecule has 1 aromatic heterocycles. The number of nitrogens with zero attached hydrogens (tertiary/aromatic N) is 2. The van der Waals surface area contributed by atoms with Crippen LogP contribution in [0.3, 0.4) is 0 Å². The third-order valence-corrected chi connectivity index (χ3v) is 3.30. The van der Waals surface area contributed by atoms with Crippen LogP contribution in [0.2, 0.25) is 0 Å². The first kappa shape index (κ1) is 14.2. The lowest BCUT2D eigenvalue weighted by Crippen LogP contribution is -2.19. The van der Waals surface area contributed by atoms with Crippen molar-refractivity contribution in [1.29, 1.82) is 5.26 Å². The Hall–Kier alpha value is -2.18. The molecular weight excluding hydrogens is 246 g/mol. The lowest BCUT2D eigenvalue weighted by atomic mass is 9.99. The molecule has 0 saturated heterocycles. The maximum Gasteiger partial charge on any atom is 0.121 e. The highest BCUT2D eigenvalue weighted by atomic mass is 14.9. The van der Waals surface area contributed by atoms with Gasteiger partial charge in [0.1, 0.15) is 6.04 Å². The van der Waals surface area contributed by atoms with Crippen LogP contribution < -0.4 is 5.32 Å². The molecule has 0 bridgehead atoms. The molecule has 2 aromatic rings. The van der Waals surface area contributed by atoms with Crippen LogP contribution in [-0.4, -0.2) is 4.98 Å². The smallest absolute Gasteiger partial charge is 0.121 e. The first-order chi connectivity index (χ1) is 9.70. The Morgan fingerprint density at radius 2 is 1.85 bits per heavy atom. The van der Waals surface area contributed by atoms with Crippen molar-refractivity contribution in [2.75, 3.05) is 0 Å². The summed E-state index contributed by atoms with van der Waals surface area (Å²) in [7, 11) is 0. The largest absolute Gasteiger partial charge is 0.294 e. The second-order valence-corrected chi connectivity index (χ2v) is 5.13. The minimum Gasteiger partial charge on any atom is -0.294 e. The molecule has 1 unspecified atom stereocenters. The minimum atomic E-state index is -0.295. The molecule has 0 spiro atoms. The van der Waals surface area contributed by atoms with Gasteiger partial charge in [0, 0.05) is 18.9 Å². The number of nitrogens with one attached hydrogen (secondary N) is 1. The van der Waals surface area contributed by atoms with Gasteiger partial charge in [0.25, 0.3) is 0 Å². The Bertz CT molecular complexity index is 567. The molecule has 0 fully saturated rings. The van der Waals surface area contributed by atoms with Crippen LogP contribution in [0.25, 0.3) is 0 Å². The molecule has 2 rings (SSSR count). The predicted molar refractivity (Wildman–Crippen MR) is 80.0 cm³/mol. The average molecular weight is 265 g/mol. The molecule has 0 radical (unpaired) electrons. The van der Waals surface area contributed by atoms with Gasteiger partial charge >= 0.3 is 0 Å². The van der Waals surface area contributed by atoms with Crippen molar-refractivity contribution in [1.82, 2.24) is 10.3 Å².